The Balaban J connectivity index is 2.02. The molecule has 25 heavy (non-hydrogen) atoms. The maximum absolute atomic E-state index is 12.6. The second-order valence-corrected chi connectivity index (χ2v) is 5.90. The minimum Gasteiger partial charge on any atom is -0.493 e. The fourth-order valence-corrected chi connectivity index (χ4v) is 2.82. The maximum Gasteiger partial charge on any atom is 0.223 e. The molecular weight excluding hydrogens is 320 g/mol. The lowest BCUT2D eigenvalue weighted by molar-refractivity contribution is -0.131. The van der Waals surface area contributed by atoms with Crippen LogP contribution in [0.1, 0.15) is 35.9 Å². The predicted octanol–water partition coefficient (Wildman–Crippen LogP) is 3.29. The molecule has 0 saturated carbocycles. The van der Waals surface area contributed by atoms with E-state index in [-0.39, 0.29) is 5.91 Å². The van der Waals surface area contributed by atoms with Gasteiger partial charge in [0, 0.05) is 25.1 Å². The Morgan fingerprint density at radius 1 is 1.20 bits per heavy atom. The second-order valence-electron chi connectivity index (χ2n) is 5.90. The summed E-state index contributed by atoms with van der Waals surface area (Å²) in [7, 11) is 3.21. The van der Waals surface area contributed by atoms with Crippen LogP contribution in [0.4, 0.5) is 0 Å². The Bertz CT molecular complexity index is 705. The van der Waals surface area contributed by atoms with Crippen molar-refractivity contribution >= 4 is 5.91 Å². The van der Waals surface area contributed by atoms with Crippen molar-refractivity contribution in [3.8, 4) is 11.5 Å². The van der Waals surface area contributed by atoms with Crippen LogP contribution in [0.2, 0.25) is 0 Å². The normalized spacial score (nSPS) is 10.6. The zero-order chi connectivity index (χ0) is 18.4. The molecule has 1 amide bonds. The molecule has 0 fully saturated rings. The first-order chi connectivity index (χ1) is 12.0. The third kappa shape index (κ3) is 4.53. The standard InChI is InChI=1S/C19H26N2O4/c1-6-21(12-15-7-9-17(23-4)18(11-15)24-5)19(22)10-8-16-13(2)20-25-14(16)3/h7,9,11H,6,8,10,12H2,1-5H3. The molecule has 1 aromatic heterocycles. The van der Waals surface area contributed by atoms with Crippen LogP contribution in [-0.4, -0.2) is 36.7 Å². The van der Waals surface area contributed by atoms with E-state index in [1.807, 2.05) is 43.9 Å². The molecule has 0 radical (unpaired) electrons. The van der Waals surface area contributed by atoms with E-state index in [9.17, 15) is 4.79 Å². The molecule has 2 rings (SSSR count). The number of amides is 1. The minimum atomic E-state index is 0.109. The van der Waals surface area contributed by atoms with Gasteiger partial charge in [-0.3, -0.25) is 4.79 Å². The molecule has 0 aliphatic heterocycles. The third-order valence-corrected chi connectivity index (χ3v) is 4.33. The first-order valence-corrected chi connectivity index (χ1v) is 8.40. The molecule has 0 N–H and O–H groups in total. The number of carbonyl (C=O) groups excluding carboxylic acids is 1. The largest absolute Gasteiger partial charge is 0.493 e. The molecule has 0 saturated heterocycles. The summed E-state index contributed by atoms with van der Waals surface area (Å²) in [5.74, 6) is 2.24. The van der Waals surface area contributed by atoms with Crippen LogP contribution in [0.5, 0.6) is 11.5 Å². The number of methoxy groups -OCH3 is 2. The number of hydrogen-bond donors (Lipinski definition) is 0. The van der Waals surface area contributed by atoms with Crippen molar-refractivity contribution in [3.05, 3.63) is 40.8 Å². The zero-order valence-electron chi connectivity index (χ0n) is 15.6. The molecule has 6 nitrogen and oxygen atoms in total. The van der Waals surface area contributed by atoms with E-state index < -0.39 is 0 Å². The van der Waals surface area contributed by atoms with Crippen LogP contribution in [0.15, 0.2) is 22.7 Å². The van der Waals surface area contributed by atoms with E-state index in [1.54, 1.807) is 14.2 Å². The van der Waals surface area contributed by atoms with Gasteiger partial charge in [0.15, 0.2) is 11.5 Å². The molecule has 1 heterocycles. The molecule has 136 valence electrons. The van der Waals surface area contributed by atoms with Crippen LogP contribution in [-0.2, 0) is 17.8 Å². The van der Waals surface area contributed by atoms with Crippen LogP contribution >= 0.6 is 0 Å². The van der Waals surface area contributed by atoms with E-state index >= 15 is 0 Å². The molecule has 0 unspecified atom stereocenters. The summed E-state index contributed by atoms with van der Waals surface area (Å²) >= 11 is 0. The number of aromatic nitrogens is 1. The third-order valence-electron chi connectivity index (χ3n) is 4.33. The molecule has 0 bridgehead atoms. The number of ether oxygens (including phenoxy) is 2. The highest BCUT2D eigenvalue weighted by atomic mass is 16.5. The Hall–Kier alpha value is -2.50. The van der Waals surface area contributed by atoms with E-state index in [0.717, 1.165) is 22.6 Å². The summed E-state index contributed by atoms with van der Waals surface area (Å²) in [6.07, 6.45) is 1.08. The number of nitrogens with zero attached hydrogens (tertiary/aromatic N) is 2. The van der Waals surface area contributed by atoms with Crippen LogP contribution in [0, 0.1) is 13.8 Å². The Kier molecular flexibility index (Phi) is 6.44. The average molecular weight is 346 g/mol. The van der Waals surface area contributed by atoms with E-state index in [4.69, 9.17) is 14.0 Å². The van der Waals surface area contributed by atoms with Gasteiger partial charge < -0.3 is 18.9 Å². The van der Waals surface area contributed by atoms with Gasteiger partial charge in [-0.05, 0) is 44.9 Å². The number of benzene rings is 1. The van der Waals surface area contributed by atoms with Crippen molar-refractivity contribution < 1.29 is 18.8 Å². The fourth-order valence-electron chi connectivity index (χ4n) is 2.82. The summed E-state index contributed by atoms with van der Waals surface area (Å²) in [5.41, 5.74) is 2.88. The van der Waals surface area contributed by atoms with Crippen LogP contribution < -0.4 is 9.47 Å². The van der Waals surface area contributed by atoms with Crippen LogP contribution in [0.3, 0.4) is 0 Å². The zero-order valence-corrected chi connectivity index (χ0v) is 15.6. The highest BCUT2D eigenvalue weighted by Crippen LogP contribution is 2.28. The Labute approximate surface area is 148 Å². The molecule has 0 atom stereocenters. The lowest BCUT2D eigenvalue weighted by Gasteiger charge is -2.21. The highest BCUT2D eigenvalue weighted by molar-refractivity contribution is 5.76. The van der Waals surface area contributed by atoms with Crippen molar-refractivity contribution in [2.24, 2.45) is 0 Å². The first kappa shape index (κ1) is 18.8. The van der Waals surface area contributed by atoms with Crippen molar-refractivity contribution in [1.82, 2.24) is 10.1 Å². The molecule has 2 aromatic rings. The lowest BCUT2D eigenvalue weighted by atomic mass is 10.1. The van der Waals surface area contributed by atoms with Gasteiger partial charge in [-0.15, -0.1) is 0 Å². The second kappa shape index (κ2) is 8.55. The minimum absolute atomic E-state index is 0.109. The van der Waals surface area contributed by atoms with E-state index in [2.05, 4.69) is 5.16 Å². The summed E-state index contributed by atoms with van der Waals surface area (Å²) in [6.45, 7) is 6.94. The molecule has 0 aliphatic carbocycles. The molecule has 6 heteroatoms. The van der Waals surface area contributed by atoms with Gasteiger partial charge in [-0.2, -0.15) is 0 Å². The van der Waals surface area contributed by atoms with Crippen molar-refractivity contribution in [1.29, 1.82) is 0 Å². The summed E-state index contributed by atoms with van der Waals surface area (Å²) in [5, 5.41) is 3.94. The van der Waals surface area contributed by atoms with Crippen molar-refractivity contribution in [2.75, 3.05) is 20.8 Å². The topological polar surface area (TPSA) is 64.8 Å². The maximum atomic E-state index is 12.6. The number of aryl methyl sites for hydroxylation is 2. The van der Waals surface area contributed by atoms with Gasteiger partial charge in [-0.25, -0.2) is 0 Å². The lowest BCUT2D eigenvalue weighted by Crippen LogP contribution is -2.30. The SMILES string of the molecule is CCN(Cc1ccc(OC)c(OC)c1)C(=O)CCc1c(C)noc1C. The van der Waals surface area contributed by atoms with Gasteiger partial charge in [0.1, 0.15) is 5.76 Å². The molecule has 1 aromatic carbocycles. The van der Waals surface area contributed by atoms with Gasteiger partial charge >= 0.3 is 0 Å². The highest BCUT2D eigenvalue weighted by Gasteiger charge is 2.16. The Morgan fingerprint density at radius 3 is 2.48 bits per heavy atom. The predicted molar refractivity (Wildman–Crippen MR) is 94.9 cm³/mol. The van der Waals surface area contributed by atoms with Gasteiger partial charge in [0.2, 0.25) is 5.91 Å². The molecule has 0 aliphatic rings. The monoisotopic (exact) mass is 346 g/mol. The summed E-state index contributed by atoms with van der Waals surface area (Å²) in [4.78, 5) is 14.4. The Morgan fingerprint density at radius 2 is 1.92 bits per heavy atom. The van der Waals surface area contributed by atoms with E-state index in [0.29, 0.717) is 37.4 Å². The molecule has 0 spiro atoms. The number of rotatable bonds is 8. The summed E-state index contributed by atoms with van der Waals surface area (Å²) < 4.78 is 15.7. The summed E-state index contributed by atoms with van der Waals surface area (Å²) in [6, 6.07) is 5.71. The van der Waals surface area contributed by atoms with Gasteiger partial charge in [0.25, 0.3) is 0 Å². The van der Waals surface area contributed by atoms with Gasteiger partial charge in [0.05, 0.1) is 19.9 Å². The molecular formula is C19H26N2O4. The van der Waals surface area contributed by atoms with Crippen molar-refractivity contribution in [3.63, 3.8) is 0 Å². The van der Waals surface area contributed by atoms with Crippen molar-refractivity contribution in [2.45, 2.75) is 40.2 Å². The van der Waals surface area contributed by atoms with Crippen LogP contribution in [0.25, 0.3) is 0 Å². The smallest absolute Gasteiger partial charge is 0.223 e. The first-order valence-electron chi connectivity index (χ1n) is 8.40. The fraction of sp³-hybridized carbons (Fsp3) is 0.474. The number of hydrogen-bond acceptors (Lipinski definition) is 5. The van der Waals surface area contributed by atoms with E-state index in [1.165, 1.54) is 0 Å². The number of carbonyl (C=O) groups is 1. The average Bonchev–Trinajstić information content (AvgIpc) is 2.95. The van der Waals surface area contributed by atoms with Gasteiger partial charge in [-0.1, -0.05) is 11.2 Å². The quantitative estimate of drug-likeness (QED) is 0.734.